The molecular weight excluding hydrogens is 390 g/mol. The molecule has 0 atom stereocenters. The molecule has 0 saturated heterocycles. The summed E-state index contributed by atoms with van der Waals surface area (Å²) in [7, 11) is 3.41. The van der Waals surface area contributed by atoms with E-state index in [4.69, 9.17) is 9.15 Å². The third-order valence-electron chi connectivity index (χ3n) is 4.46. The number of nitrogens with zero attached hydrogens (tertiary/aromatic N) is 3. The summed E-state index contributed by atoms with van der Waals surface area (Å²) in [5.74, 6) is 1.03. The molecule has 0 saturated carbocycles. The minimum absolute atomic E-state index is 0.0309. The van der Waals surface area contributed by atoms with Gasteiger partial charge in [-0.15, -0.1) is 10.2 Å². The highest BCUT2D eigenvalue weighted by Crippen LogP contribution is 2.30. The van der Waals surface area contributed by atoms with E-state index < -0.39 is 5.63 Å². The molecule has 0 N–H and O–H groups in total. The minimum atomic E-state index is -0.637. The number of ketones is 1. The van der Waals surface area contributed by atoms with E-state index >= 15 is 0 Å². The van der Waals surface area contributed by atoms with Gasteiger partial charge in [0.25, 0.3) is 0 Å². The fraction of sp³-hybridized carbons (Fsp3) is 0.143. The molecule has 146 valence electrons. The largest absolute Gasteiger partial charge is 0.496 e. The summed E-state index contributed by atoms with van der Waals surface area (Å²) >= 11 is 1.21. The number of aromatic nitrogens is 3. The van der Waals surface area contributed by atoms with Gasteiger partial charge in [-0.1, -0.05) is 42.1 Å². The van der Waals surface area contributed by atoms with Gasteiger partial charge in [-0.3, -0.25) is 4.79 Å². The van der Waals surface area contributed by atoms with Crippen LogP contribution in [0.2, 0.25) is 0 Å². The van der Waals surface area contributed by atoms with E-state index in [1.165, 1.54) is 11.8 Å². The summed E-state index contributed by atoms with van der Waals surface area (Å²) in [5.41, 5.74) is 0.653. The summed E-state index contributed by atoms with van der Waals surface area (Å²) in [4.78, 5) is 24.8. The van der Waals surface area contributed by atoms with Crippen molar-refractivity contribution in [1.29, 1.82) is 0 Å². The number of para-hydroxylation sites is 2. The third kappa shape index (κ3) is 3.66. The highest BCUT2D eigenvalue weighted by Gasteiger charge is 2.18. The number of Topliss-reactive ketones (excluding diaryl/α,β-unsaturated/α-hetero) is 1. The number of methoxy groups -OCH3 is 1. The van der Waals surface area contributed by atoms with Gasteiger partial charge < -0.3 is 13.7 Å². The molecule has 4 rings (SSSR count). The van der Waals surface area contributed by atoms with Crippen LogP contribution in [0.4, 0.5) is 0 Å². The Labute approximate surface area is 170 Å². The first-order valence-electron chi connectivity index (χ1n) is 8.80. The molecule has 0 aliphatic carbocycles. The second-order valence-corrected chi connectivity index (χ2v) is 7.21. The molecule has 0 aliphatic heterocycles. The van der Waals surface area contributed by atoms with Gasteiger partial charge in [-0.25, -0.2) is 4.79 Å². The van der Waals surface area contributed by atoms with E-state index in [1.807, 2.05) is 37.4 Å². The molecule has 7 nitrogen and oxygen atoms in total. The average molecular weight is 407 g/mol. The number of fused-ring (bicyclic) bond motifs is 1. The Bertz CT molecular complexity index is 1260. The summed E-state index contributed by atoms with van der Waals surface area (Å²) in [6, 6.07) is 16.2. The Balaban J connectivity index is 1.56. The van der Waals surface area contributed by atoms with Gasteiger partial charge in [0, 0.05) is 12.4 Å². The lowest BCUT2D eigenvalue weighted by Crippen LogP contribution is -2.15. The second-order valence-electron chi connectivity index (χ2n) is 6.26. The molecule has 0 radical (unpaired) electrons. The van der Waals surface area contributed by atoms with E-state index in [0.29, 0.717) is 27.7 Å². The predicted octanol–water partition coefficient (Wildman–Crippen LogP) is 3.57. The number of hydrogen-bond donors (Lipinski definition) is 0. The molecule has 2 heterocycles. The number of carbonyl (C=O) groups is 1. The van der Waals surface area contributed by atoms with Crippen molar-refractivity contribution in [3.8, 4) is 17.1 Å². The fourth-order valence-electron chi connectivity index (χ4n) is 2.97. The summed E-state index contributed by atoms with van der Waals surface area (Å²) < 4.78 is 12.4. The topological polar surface area (TPSA) is 87.2 Å². The predicted molar refractivity (Wildman–Crippen MR) is 111 cm³/mol. The van der Waals surface area contributed by atoms with Gasteiger partial charge in [0.1, 0.15) is 16.9 Å². The van der Waals surface area contributed by atoms with Crippen LogP contribution in [0.5, 0.6) is 5.75 Å². The van der Waals surface area contributed by atoms with Gasteiger partial charge in [0.2, 0.25) is 0 Å². The van der Waals surface area contributed by atoms with Gasteiger partial charge in [-0.2, -0.15) is 0 Å². The minimum Gasteiger partial charge on any atom is -0.496 e. The van der Waals surface area contributed by atoms with Crippen molar-refractivity contribution in [1.82, 2.24) is 14.8 Å². The van der Waals surface area contributed by atoms with Crippen LogP contribution in [-0.2, 0) is 7.05 Å². The maximum atomic E-state index is 12.6. The zero-order valence-corrected chi connectivity index (χ0v) is 16.6. The van der Waals surface area contributed by atoms with E-state index in [2.05, 4.69) is 10.2 Å². The van der Waals surface area contributed by atoms with Crippen molar-refractivity contribution in [3.05, 3.63) is 70.6 Å². The fourth-order valence-corrected chi connectivity index (χ4v) is 3.76. The summed E-state index contributed by atoms with van der Waals surface area (Å²) in [5, 5.41) is 9.66. The van der Waals surface area contributed by atoms with Crippen molar-refractivity contribution in [2.45, 2.75) is 5.16 Å². The van der Waals surface area contributed by atoms with Crippen molar-refractivity contribution in [2.75, 3.05) is 12.9 Å². The van der Waals surface area contributed by atoms with Gasteiger partial charge >= 0.3 is 5.63 Å². The van der Waals surface area contributed by atoms with Crippen molar-refractivity contribution < 1.29 is 13.9 Å². The van der Waals surface area contributed by atoms with E-state index in [0.717, 1.165) is 5.56 Å². The van der Waals surface area contributed by atoms with Crippen molar-refractivity contribution in [3.63, 3.8) is 0 Å². The summed E-state index contributed by atoms with van der Waals surface area (Å²) in [6.07, 6.45) is 0. The number of ether oxygens (including phenoxy) is 1. The van der Waals surface area contributed by atoms with Crippen LogP contribution in [0.15, 0.2) is 69.0 Å². The van der Waals surface area contributed by atoms with Gasteiger partial charge in [0.05, 0.1) is 18.4 Å². The molecule has 0 bridgehead atoms. The summed E-state index contributed by atoms with van der Waals surface area (Å²) in [6.45, 7) is 0. The average Bonchev–Trinajstić information content (AvgIpc) is 3.11. The molecule has 4 aromatic rings. The Morgan fingerprint density at radius 1 is 1.14 bits per heavy atom. The highest BCUT2D eigenvalue weighted by atomic mass is 32.2. The Morgan fingerprint density at radius 2 is 1.90 bits per heavy atom. The van der Waals surface area contributed by atoms with E-state index in [-0.39, 0.29) is 17.1 Å². The van der Waals surface area contributed by atoms with Crippen LogP contribution >= 0.6 is 11.8 Å². The molecule has 2 aromatic carbocycles. The number of rotatable bonds is 6. The van der Waals surface area contributed by atoms with Crippen molar-refractivity contribution in [2.24, 2.45) is 7.05 Å². The first kappa shape index (κ1) is 18.9. The standard InChI is InChI=1S/C21H17N3O4S/c1-24-19(14-8-4-6-10-18(14)27-2)22-23-21(24)29-12-16(25)15-11-13-7-3-5-9-17(13)28-20(15)26/h3-11H,12H2,1-2H3. The van der Waals surface area contributed by atoms with Crippen molar-refractivity contribution >= 4 is 28.5 Å². The molecule has 0 fully saturated rings. The monoisotopic (exact) mass is 407 g/mol. The first-order chi connectivity index (χ1) is 14.1. The smallest absolute Gasteiger partial charge is 0.347 e. The van der Waals surface area contributed by atoms with Crippen LogP contribution in [0.3, 0.4) is 0 Å². The Hall–Kier alpha value is -3.39. The number of carbonyl (C=O) groups excluding carboxylic acids is 1. The molecule has 29 heavy (non-hydrogen) atoms. The lowest BCUT2D eigenvalue weighted by molar-refractivity contribution is 0.101. The molecule has 0 unspecified atom stereocenters. The SMILES string of the molecule is COc1ccccc1-c1nnc(SCC(=O)c2cc3ccccc3oc2=O)n1C. The maximum Gasteiger partial charge on any atom is 0.347 e. The Kier molecular flexibility index (Phi) is 5.18. The number of thioether (sulfide) groups is 1. The molecule has 0 spiro atoms. The maximum absolute atomic E-state index is 12.6. The Morgan fingerprint density at radius 3 is 2.72 bits per heavy atom. The van der Waals surface area contributed by atoms with Crippen LogP contribution < -0.4 is 10.4 Å². The molecular formula is C21H17N3O4S. The molecule has 2 aromatic heterocycles. The zero-order chi connectivity index (χ0) is 20.4. The lowest BCUT2D eigenvalue weighted by atomic mass is 10.1. The number of benzene rings is 2. The van der Waals surface area contributed by atoms with Crippen LogP contribution in [0.25, 0.3) is 22.4 Å². The highest BCUT2D eigenvalue weighted by molar-refractivity contribution is 7.99. The second kappa shape index (κ2) is 7.92. The van der Waals surface area contributed by atoms with Crippen LogP contribution in [-0.4, -0.2) is 33.4 Å². The molecule has 0 amide bonds. The number of hydrogen-bond acceptors (Lipinski definition) is 7. The third-order valence-corrected chi connectivity index (χ3v) is 5.48. The first-order valence-corrected chi connectivity index (χ1v) is 9.78. The lowest BCUT2D eigenvalue weighted by Gasteiger charge is -2.08. The van der Waals surface area contributed by atoms with E-state index in [9.17, 15) is 9.59 Å². The van der Waals surface area contributed by atoms with Gasteiger partial charge in [-0.05, 0) is 24.3 Å². The quantitative estimate of drug-likeness (QED) is 0.274. The van der Waals surface area contributed by atoms with Crippen LogP contribution in [0, 0.1) is 0 Å². The molecule has 0 aliphatic rings. The normalized spacial score (nSPS) is 11.0. The van der Waals surface area contributed by atoms with Crippen LogP contribution in [0.1, 0.15) is 10.4 Å². The molecule has 8 heteroatoms. The van der Waals surface area contributed by atoms with E-state index in [1.54, 1.807) is 35.9 Å². The zero-order valence-electron chi connectivity index (χ0n) is 15.8. The van der Waals surface area contributed by atoms with Gasteiger partial charge in [0.15, 0.2) is 16.8 Å².